The van der Waals surface area contributed by atoms with E-state index in [1.807, 2.05) is 0 Å². The Balaban J connectivity index is 2.29. The molecule has 2 aromatic rings. The van der Waals surface area contributed by atoms with Gasteiger partial charge >= 0.3 is 0 Å². The predicted molar refractivity (Wildman–Crippen MR) is 76.6 cm³/mol. The number of nitrogen functional groups attached to an aromatic ring is 1. The number of hydrogen-bond donors (Lipinski definition) is 2. The minimum Gasteiger partial charge on any atom is -0.454 e. The fourth-order valence-electron chi connectivity index (χ4n) is 1.46. The first kappa shape index (κ1) is 13.8. The van der Waals surface area contributed by atoms with E-state index in [4.69, 9.17) is 27.5 Å². The summed E-state index contributed by atoms with van der Waals surface area (Å²) in [6, 6.07) is 9.09. The lowest BCUT2D eigenvalue weighted by molar-refractivity contribution is 0.442. The van der Waals surface area contributed by atoms with E-state index < -0.39 is 5.82 Å². The monoisotopic (exact) mass is 342 g/mol. The van der Waals surface area contributed by atoms with E-state index in [9.17, 15) is 4.39 Å². The van der Waals surface area contributed by atoms with Gasteiger partial charge in [0.2, 0.25) is 0 Å². The predicted octanol–water partition coefficient (Wildman–Crippen LogP) is 4.32. The summed E-state index contributed by atoms with van der Waals surface area (Å²) in [7, 11) is 0. The Morgan fingerprint density at radius 3 is 2.58 bits per heavy atom. The molecule has 2 aromatic carbocycles. The summed E-state index contributed by atoms with van der Waals surface area (Å²) in [5.41, 5.74) is 5.76. The number of hydrogen-bond acceptors (Lipinski definition) is 2. The lowest BCUT2D eigenvalue weighted by Gasteiger charge is -2.09. The minimum absolute atomic E-state index is 0.0924. The molecule has 0 unspecified atom stereocenters. The summed E-state index contributed by atoms with van der Waals surface area (Å²) < 4.78 is 19.6. The number of nitrogens with one attached hydrogen (secondary N) is 1. The lowest BCUT2D eigenvalue weighted by atomic mass is 10.2. The second-order valence-electron chi connectivity index (χ2n) is 3.73. The largest absolute Gasteiger partial charge is 0.454 e. The number of ether oxygens (including phenoxy) is 1. The average Bonchev–Trinajstić information content (AvgIpc) is 2.32. The molecule has 0 aliphatic carbocycles. The maximum Gasteiger partial charge on any atom is 0.166 e. The second kappa shape index (κ2) is 5.59. The highest BCUT2D eigenvalue weighted by Gasteiger charge is 2.08. The fourth-order valence-corrected chi connectivity index (χ4v) is 2.07. The maximum absolute atomic E-state index is 13.6. The van der Waals surface area contributed by atoms with Gasteiger partial charge in [-0.3, -0.25) is 5.41 Å². The van der Waals surface area contributed by atoms with Crippen LogP contribution < -0.4 is 10.5 Å². The molecule has 0 fully saturated rings. The molecule has 0 aromatic heterocycles. The SMILES string of the molecule is N=C(N)c1ccc(Oc2ccc(Br)cc2F)cc1Cl. The van der Waals surface area contributed by atoms with Crippen LogP contribution in [0.5, 0.6) is 11.5 Å². The Morgan fingerprint density at radius 1 is 1.26 bits per heavy atom. The molecule has 0 amide bonds. The zero-order valence-corrected chi connectivity index (χ0v) is 11.9. The van der Waals surface area contributed by atoms with E-state index in [2.05, 4.69) is 15.9 Å². The molecule has 19 heavy (non-hydrogen) atoms. The molecular weight excluding hydrogens is 335 g/mol. The molecule has 0 saturated heterocycles. The molecule has 0 bridgehead atoms. The van der Waals surface area contributed by atoms with Crippen molar-refractivity contribution >= 4 is 33.4 Å². The molecule has 0 radical (unpaired) electrons. The van der Waals surface area contributed by atoms with Crippen LogP contribution in [0.4, 0.5) is 4.39 Å². The zero-order chi connectivity index (χ0) is 14.0. The van der Waals surface area contributed by atoms with Crippen LogP contribution in [0.2, 0.25) is 5.02 Å². The highest BCUT2D eigenvalue weighted by Crippen LogP contribution is 2.29. The molecule has 3 N–H and O–H groups in total. The molecule has 0 aliphatic rings. The Labute approximate surface area is 122 Å². The van der Waals surface area contributed by atoms with Crippen molar-refractivity contribution in [3.8, 4) is 11.5 Å². The van der Waals surface area contributed by atoms with Gasteiger partial charge in [0.1, 0.15) is 11.6 Å². The maximum atomic E-state index is 13.6. The van der Waals surface area contributed by atoms with Crippen LogP contribution in [0, 0.1) is 11.2 Å². The highest BCUT2D eigenvalue weighted by molar-refractivity contribution is 9.10. The van der Waals surface area contributed by atoms with Crippen LogP contribution in [-0.2, 0) is 0 Å². The fraction of sp³-hybridized carbons (Fsp3) is 0. The Bertz CT molecular complexity index is 649. The van der Waals surface area contributed by atoms with Gasteiger partial charge in [0, 0.05) is 16.1 Å². The van der Waals surface area contributed by atoms with Gasteiger partial charge in [-0.2, -0.15) is 0 Å². The highest BCUT2D eigenvalue weighted by atomic mass is 79.9. The standard InChI is InChI=1S/C13H9BrClFN2O/c14-7-1-4-12(11(16)5-7)19-8-2-3-9(13(17)18)10(15)6-8/h1-6H,(H3,17,18). The first-order chi connectivity index (χ1) is 8.97. The van der Waals surface area contributed by atoms with Crippen molar-refractivity contribution in [2.24, 2.45) is 5.73 Å². The number of benzene rings is 2. The van der Waals surface area contributed by atoms with E-state index in [1.165, 1.54) is 18.2 Å². The third-order valence-corrected chi connectivity index (χ3v) is 3.16. The van der Waals surface area contributed by atoms with Crippen LogP contribution >= 0.6 is 27.5 Å². The summed E-state index contributed by atoms with van der Waals surface area (Å²) in [4.78, 5) is 0. The van der Waals surface area contributed by atoms with Gasteiger partial charge in [-0.1, -0.05) is 27.5 Å². The smallest absolute Gasteiger partial charge is 0.166 e. The lowest BCUT2D eigenvalue weighted by Crippen LogP contribution is -2.11. The van der Waals surface area contributed by atoms with Crippen molar-refractivity contribution in [1.82, 2.24) is 0 Å². The molecule has 98 valence electrons. The van der Waals surface area contributed by atoms with E-state index in [-0.39, 0.29) is 16.6 Å². The van der Waals surface area contributed by atoms with E-state index >= 15 is 0 Å². The number of halogens is 3. The van der Waals surface area contributed by atoms with Crippen LogP contribution in [0.1, 0.15) is 5.56 Å². The minimum atomic E-state index is -0.485. The molecule has 3 nitrogen and oxygen atoms in total. The molecule has 0 saturated carbocycles. The zero-order valence-electron chi connectivity index (χ0n) is 9.58. The summed E-state index contributed by atoms with van der Waals surface area (Å²) in [5.74, 6) is -0.154. The summed E-state index contributed by atoms with van der Waals surface area (Å²) in [6.45, 7) is 0. The summed E-state index contributed by atoms with van der Waals surface area (Å²) >= 11 is 9.12. The van der Waals surface area contributed by atoms with Gasteiger partial charge in [-0.25, -0.2) is 4.39 Å². The molecule has 0 atom stereocenters. The first-order valence-electron chi connectivity index (χ1n) is 5.24. The van der Waals surface area contributed by atoms with Crippen LogP contribution in [0.25, 0.3) is 0 Å². The Kier molecular flexibility index (Phi) is 4.07. The van der Waals surface area contributed by atoms with Crippen LogP contribution in [0.15, 0.2) is 40.9 Å². The van der Waals surface area contributed by atoms with Gasteiger partial charge in [0.15, 0.2) is 11.6 Å². The molecule has 2 rings (SSSR count). The number of nitrogens with two attached hydrogens (primary N) is 1. The number of rotatable bonds is 3. The molecule has 6 heteroatoms. The Morgan fingerprint density at radius 2 is 2.00 bits per heavy atom. The van der Waals surface area contributed by atoms with Crippen molar-refractivity contribution in [1.29, 1.82) is 5.41 Å². The summed E-state index contributed by atoms with van der Waals surface area (Å²) in [5, 5.41) is 7.59. The average molecular weight is 344 g/mol. The molecule has 0 heterocycles. The molecule has 0 aliphatic heterocycles. The van der Waals surface area contributed by atoms with Crippen molar-refractivity contribution in [3.05, 3.63) is 57.3 Å². The topological polar surface area (TPSA) is 59.1 Å². The van der Waals surface area contributed by atoms with Crippen molar-refractivity contribution in [3.63, 3.8) is 0 Å². The third kappa shape index (κ3) is 3.24. The summed E-state index contributed by atoms with van der Waals surface area (Å²) in [6.07, 6.45) is 0. The third-order valence-electron chi connectivity index (χ3n) is 2.35. The van der Waals surface area contributed by atoms with Gasteiger partial charge in [-0.15, -0.1) is 0 Å². The number of amidine groups is 1. The van der Waals surface area contributed by atoms with Gasteiger partial charge in [-0.05, 0) is 30.3 Å². The van der Waals surface area contributed by atoms with E-state index in [0.717, 1.165) is 0 Å². The van der Waals surface area contributed by atoms with Crippen LogP contribution in [0.3, 0.4) is 0 Å². The molecule has 0 spiro atoms. The quantitative estimate of drug-likeness (QED) is 0.644. The van der Waals surface area contributed by atoms with Gasteiger partial charge in [0.25, 0.3) is 0 Å². The van der Waals surface area contributed by atoms with Crippen molar-refractivity contribution in [2.75, 3.05) is 0 Å². The van der Waals surface area contributed by atoms with E-state index in [1.54, 1.807) is 18.2 Å². The van der Waals surface area contributed by atoms with Crippen molar-refractivity contribution in [2.45, 2.75) is 0 Å². The van der Waals surface area contributed by atoms with Gasteiger partial charge in [0.05, 0.1) is 5.02 Å². The Hall–Kier alpha value is -1.59. The molecular formula is C13H9BrClFN2O. The second-order valence-corrected chi connectivity index (χ2v) is 5.06. The normalized spacial score (nSPS) is 10.3. The van der Waals surface area contributed by atoms with Gasteiger partial charge < -0.3 is 10.5 Å². The van der Waals surface area contributed by atoms with Crippen LogP contribution in [-0.4, -0.2) is 5.84 Å². The van der Waals surface area contributed by atoms with Crippen molar-refractivity contribution < 1.29 is 9.13 Å². The van der Waals surface area contributed by atoms with E-state index in [0.29, 0.717) is 15.8 Å². The first-order valence-corrected chi connectivity index (χ1v) is 6.41.